The van der Waals surface area contributed by atoms with E-state index in [1.807, 2.05) is 32.6 Å². The molecule has 0 aliphatic carbocycles. The lowest BCUT2D eigenvalue weighted by Crippen LogP contribution is -2.58. The lowest BCUT2D eigenvalue weighted by Gasteiger charge is -2.44. The van der Waals surface area contributed by atoms with Crippen LogP contribution in [0.3, 0.4) is 0 Å². The Morgan fingerprint density at radius 2 is 1.84 bits per heavy atom. The molecule has 0 spiro atoms. The lowest BCUT2D eigenvalue weighted by atomic mass is 10.0. The molecule has 2 aliphatic heterocycles. The number of anilines is 1. The fraction of sp³-hybridized carbons (Fsp3) is 0.344. The number of aromatic nitrogens is 4. The van der Waals surface area contributed by atoms with E-state index in [9.17, 15) is 9.59 Å². The van der Waals surface area contributed by atoms with Gasteiger partial charge in [0, 0.05) is 43.0 Å². The van der Waals surface area contributed by atoms with Crippen molar-refractivity contribution in [2.24, 2.45) is 0 Å². The van der Waals surface area contributed by atoms with Gasteiger partial charge in [-0.25, -0.2) is 23.1 Å². The summed E-state index contributed by atoms with van der Waals surface area (Å²) in [5.41, 5.74) is 0.223. The van der Waals surface area contributed by atoms with Gasteiger partial charge in [0.25, 0.3) is 0 Å². The van der Waals surface area contributed by atoms with Gasteiger partial charge in [-0.2, -0.15) is 4.98 Å². The van der Waals surface area contributed by atoms with Crippen LogP contribution in [0.5, 0.6) is 11.5 Å². The summed E-state index contributed by atoms with van der Waals surface area (Å²) >= 11 is 0. The van der Waals surface area contributed by atoms with Crippen molar-refractivity contribution >= 4 is 22.8 Å². The zero-order valence-electron chi connectivity index (χ0n) is 24.9. The van der Waals surface area contributed by atoms with Crippen LogP contribution >= 0.6 is 0 Å². The fourth-order valence-corrected chi connectivity index (χ4v) is 5.91. The first-order valence-electron chi connectivity index (χ1n) is 14.5. The van der Waals surface area contributed by atoms with Crippen LogP contribution in [0.4, 0.5) is 14.6 Å². The van der Waals surface area contributed by atoms with Crippen molar-refractivity contribution < 1.29 is 23.0 Å². The average Bonchev–Trinajstić information content (AvgIpc) is 2.99. The summed E-state index contributed by atoms with van der Waals surface area (Å²) in [6.07, 6.45) is 2.85. The lowest BCUT2D eigenvalue weighted by molar-refractivity contribution is -0.128. The van der Waals surface area contributed by atoms with Crippen molar-refractivity contribution in [3.8, 4) is 28.4 Å². The maximum absolute atomic E-state index is 16.2. The summed E-state index contributed by atoms with van der Waals surface area (Å²) in [5.74, 6) is -1.38. The highest BCUT2D eigenvalue weighted by Gasteiger charge is 2.34. The van der Waals surface area contributed by atoms with Gasteiger partial charge in [-0.15, -0.1) is 0 Å². The van der Waals surface area contributed by atoms with Crippen molar-refractivity contribution in [1.29, 1.82) is 0 Å². The minimum Gasteiger partial charge on any atom is -0.488 e. The number of hydrogen-bond acceptors (Lipinski definition) is 8. The van der Waals surface area contributed by atoms with Crippen molar-refractivity contribution in [2.75, 3.05) is 31.2 Å². The molecule has 1 aromatic carbocycles. The molecule has 3 aromatic heterocycles. The number of piperazine rings is 1. The normalized spacial score (nSPS) is 18.2. The van der Waals surface area contributed by atoms with Gasteiger partial charge in [0.05, 0.1) is 11.1 Å². The third-order valence-electron chi connectivity index (χ3n) is 8.01. The molecule has 44 heavy (non-hydrogen) atoms. The molecule has 0 saturated carbocycles. The highest BCUT2D eigenvalue weighted by Crippen LogP contribution is 2.38. The first-order chi connectivity index (χ1) is 21.1. The van der Waals surface area contributed by atoms with Crippen LogP contribution in [0.1, 0.15) is 39.3 Å². The Morgan fingerprint density at radius 3 is 2.59 bits per heavy atom. The number of fused-ring (bicyclic) bond motifs is 5. The van der Waals surface area contributed by atoms with E-state index in [-0.39, 0.29) is 71.0 Å². The summed E-state index contributed by atoms with van der Waals surface area (Å²) in [5, 5.41) is 0.258. The van der Waals surface area contributed by atoms with Crippen molar-refractivity contribution in [1.82, 2.24) is 24.4 Å². The first kappa shape index (κ1) is 29.2. The molecule has 228 valence electrons. The van der Waals surface area contributed by atoms with Gasteiger partial charge in [-0.1, -0.05) is 26.5 Å². The number of carbonyl (C=O) groups is 1. The summed E-state index contributed by atoms with van der Waals surface area (Å²) in [4.78, 5) is 44.0. The highest BCUT2D eigenvalue weighted by atomic mass is 19.1. The third-order valence-corrected chi connectivity index (χ3v) is 8.01. The molecular weight excluding hydrogens is 570 g/mol. The highest BCUT2D eigenvalue weighted by molar-refractivity contribution is 5.92. The Balaban J connectivity index is 1.68. The molecule has 0 unspecified atom stereocenters. The van der Waals surface area contributed by atoms with Crippen molar-refractivity contribution in [2.45, 2.75) is 45.7 Å². The zero-order chi connectivity index (χ0) is 31.3. The predicted molar refractivity (Wildman–Crippen MR) is 162 cm³/mol. The second-order valence-electron chi connectivity index (χ2n) is 11.3. The SMILES string of the molecule is C=CC(=O)N1C[C@H](C)N(c2nc(=O)n3c4nc(c(F)cc24)-c2cccc(F)c2OCCOc2ccnc(C(C)C)c2-3)C[C@H]1C. The van der Waals surface area contributed by atoms with Crippen molar-refractivity contribution in [3.63, 3.8) is 0 Å². The van der Waals surface area contributed by atoms with E-state index >= 15 is 8.78 Å². The summed E-state index contributed by atoms with van der Waals surface area (Å²) in [6.45, 7) is 11.9. The van der Waals surface area contributed by atoms with E-state index in [1.54, 1.807) is 17.2 Å². The first-order valence-corrected chi connectivity index (χ1v) is 14.5. The molecule has 4 aromatic rings. The monoisotopic (exact) mass is 602 g/mol. The molecule has 6 rings (SSSR count). The number of amides is 1. The number of rotatable bonds is 3. The third kappa shape index (κ3) is 4.83. The molecule has 2 atom stereocenters. The number of halogens is 2. The Kier molecular flexibility index (Phi) is 7.52. The van der Waals surface area contributed by atoms with Crippen LogP contribution < -0.4 is 20.1 Å². The minimum atomic E-state index is -0.744. The molecule has 1 fully saturated rings. The number of benzene rings is 1. The van der Waals surface area contributed by atoms with Crippen LogP contribution in [0, 0.1) is 11.6 Å². The Hall–Kier alpha value is -4.87. The van der Waals surface area contributed by atoms with Crippen LogP contribution in [-0.4, -0.2) is 68.7 Å². The molecule has 0 radical (unpaired) electrons. The smallest absolute Gasteiger partial charge is 0.356 e. The van der Waals surface area contributed by atoms with E-state index in [0.717, 1.165) is 0 Å². The number of ether oxygens (including phenoxy) is 2. The van der Waals surface area contributed by atoms with Gasteiger partial charge < -0.3 is 19.3 Å². The van der Waals surface area contributed by atoms with Crippen LogP contribution in [0.2, 0.25) is 0 Å². The summed E-state index contributed by atoms with van der Waals surface area (Å²) < 4.78 is 44.3. The average molecular weight is 603 g/mol. The van der Waals surface area contributed by atoms with Crippen molar-refractivity contribution in [3.05, 3.63) is 77.0 Å². The number of nitrogens with zero attached hydrogens (tertiary/aromatic N) is 6. The molecule has 5 heterocycles. The Bertz CT molecular complexity index is 1860. The van der Waals surface area contributed by atoms with Gasteiger partial charge in [0.1, 0.15) is 36.2 Å². The molecular formula is C32H32F2N6O4. The largest absolute Gasteiger partial charge is 0.488 e. The molecule has 2 bridgehead atoms. The van der Waals surface area contributed by atoms with Gasteiger partial charge in [0.2, 0.25) is 5.91 Å². The molecule has 2 aliphatic rings. The summed E-state index contributed by atoms with van der Waals surface area (Å²) in [7, 11) is 0. The number of carbonyl (C=O) groups excluding carboxylic acids is 1. The van der Waals surface area contributed by atoms with Crippen LogP contribution in [0.15, 0.2) is 54.0 Å². The number of pyridine rings is 2. The quantitative estimate of drug-likeness (QED) is 0.313. The minimum absolute atomic E-state index is 0.0126. The Morgan fingerprint density at radius 1 is 1.07 bits per heavy atom. The van der Waals surface area contributed by atoms with Gasteiger partial charge in [-0.05, 0) is 44.0 Å². The van der Waals surface area contributed by atoms with Gasteiger partial charge in [-0.3, -0.25) is 9.78 Å². The summed E-state index contributed by atoms with van der Waals surface area (Å²) in [6, 6.07) is 6.54. The van der Waals surface area contributed by atoms with Gasteiger partial charge in [0.15, 0.2) is 23.0 Å². The van der Waals surface area contributed by atoms with E-state index in [4.69, 9.17) is 14.5 Å². The Labute approximate surface area is 252 Å². The van der Waals surface area contributed by atoms with E-state index in [1.165, 1.54) is 34.9 Å². The zero-order valence-corrected chi connectivity index (χ0v) is 24.9. The number of para-hydroxylation sites is 1. The molecule has 10 nitrogen and oxygen atoms in total. The van der Waals surface area contributed by atoms with E-state index < -0.39 is 17.3 Å². The van der Waals surface area contributed by atoms with Crippen LogP contribution in [-0.2, 0) is 4.79 Å². The maximum Gasteiger partial charge on any atom is 0.356 e. The number of hydrogen-bond donors (Lipinski definition) is 0. The molecule has 1 amide bonds. The molecule has 0 N–H and O–H groups in total. The van der Waals surface area contributed by atoms with E-state index in [0.29, 0.717) is 30.2 Å². The second kappa shape index (κ2) is 11.3. The van der Waals surface area contributed by atoms with Gasteiger partial charge >= 0.3 is 5.69 Å². The maximum atomic E-state index is 16.2. The second-order valence-corrected chi connectivity index (χ2v) is 11.3. The van der Waals surface area contributed by atoms with Crippen LogP contribution in [0.25, 0.3) is 28.0 Å². The predicted octanol–water partition coefficient (Wildman–Crippen LogP) is 4.63. The molecule has 1 saturated heterocycles. The topological polar surface area (TPSA) is 103 Å². The fourth-order valence-electron chi connectivity index (χ4n) is 5.91. The standard InChI is InChI=1S/C32H32F2N6O4/c1-6-25(41)38-15-19(5)39(16-18(38)4)30-21-14-23(34)27-20-8-7-9-22(33)29(20)44-13-12-43-24-10-11-35-26(17(2)3)28(24)40(31(21)36-27)32(42)37-30/h6-11,14,17-19H,1,12-13,15-16H2,2-5H3/t18-,19+/m1/s1. The van der Waals surface area contributed by atoms with E-state index in [2.05, 4.69) is 16.5 Å². The molecule has 12 heteroatoms.